The lowest BCUT2D eigenvalue weighted by atomic mass is 10.3. The molecule has 0 saturated carbocycles. The summed E-state index contributed by atoms with van der Waals surface area (Å²) in [5.74, 6) is 0.182. The molecule has 0 bridgehead atoms. The van der Waals surface area contributed by atoms with E-state index in [1.807, 2.05) is 18.2 Å². The molecule has 0 aliphatic rings. The van der Waals surface area contributed by atoms with E-state index in [1.54, 1.807) is 31.2 Å². The Balaban J connectivity index is 2.02. The molecule has 8 heteroatoms. The minimum Gasteiger partial charge on any atom is -0.479 e. The number of halogens is 2. The number of anilines is 1. The van der Waals surface area contributed by atoms with Gasteiger partial charge in [0.05, 0.1) is 10.7 Å². The average molecular weight is 413 g/mol. The number of carbonyl (C=O) groups is 2. The highest BCUT2D eigenvalue weighted by Crippen LogP contribution is 2.32. The second-order valence-electron chi connectivity index (χ2n) is 5.36. The summed E-state index contributed by atoms with van der Waals surface area (Å²) in [7, 11) is 0. The van der Waals surface area contributed by atoms with E-state index >= 15 is 0 Å². The third kappa shape index (κ3) is 5.83. The van der Waals surface area contributed by atoms with Gasteiger partial charge in [-0.1, -0.05) is 41.4 Å². The summed E-state index contributed by atoms with van der Waals surface area (Å²) in [6.45, 7) is 1.62. The Bertz CT molecular complexity index is 802. The van der Waals surface area contributed by atoms with Gasteiger partial charge in [0.15, 0.2) is 6.10 Å². The molecule has 2 aromatic rings. The van der Waals surface area contributed by atoms with E-state index in [0.717, 1.165) is 4.90 Å². The number of carbonyl (C=O) groups excluding carboxylic acids is 2. The molecule has 0 radical (unpaired) electrons. The molecule has 0 fully saturated rings. The highest BCUT2D eigenvalue weighted by Gasteiger charge is 2.18. The summed E-state index contributed by atoms with van der Waals surface area (Å²) in [6, 6.07) is 12.3. The number of primary amides is 1. The molecule has 1 unspecified atom stereocenters. The van der Waals surface area contributed by atoms with Crippen molar-refractivity contribution in [2.75, 3.05) is 11.1 Å². The average Bonchev–Trinajstić information content (AvgIpc) is 2.60. The maximum absolute atomic E-state index is 12.5. The van der Waals surface area contributed by atoms with Gasteiger partial charge in [-0.05, 0) is 31.2 Å². The first-order valence-corrected chi connectivity index (χ1v) is 9.54. The fourth-order valence-electron chi connectivity index (χ4n) is 2.01. The molecule has 2 aromatic carbocycles. The maximum atomic E-state index is 12.5. The van der Waals surface area contributed by atoms with E-state index < -0.39 is 6.10 Å². The lowest BCUT2D eigenvalue weighted by Crippen LogP contribution is -2.30. The van der Waals surface area contributed by atoms with E-state index in [9.17, 15) is 9.59 Å². The van der Waals surface area contributed by atoms with Crippen molar-refractivity contribution >= 4 is 52.5 Å². The highest BCUT2D eigenvalue weighted by atomic mass is 35.5. The number of thioether (sulfide) groups is 1. The van der Waals surface area contributed by atoms with Crippen LogP contribution in [-0.2, 0) is 9.59 Å². The van der Waals surface area contributed by atoms with Crippen LogP contribution in [0.1, 0.15) is 13.3 Å². The van der Waals surface area contributed by atoms with Gasteiger partial charge >= 0.3 is 0 Å². The summed E-state index contributed by atoms with van der Waals surface area (Å²) >= 11 is 13.5. The molecule has 3 N–H and O–H groups in total. The second kappa shape index (κ2) is 9.71. The van der Waals surface area contributed by atoms with Crippen LogP contribution >= 0.6 is 35.0 Å². The van der Waals surface area contributed by atoms with Crippen LogP contribution in [0.5, 0.6) is 5.75 Å². The van der Waals surface area contributed by atoms with Crippen LogP contribution in [0.3, 0.4) is 0 Å². The van der Waals surface area contributed by atoms with E-state index in [2.05, 4.69) is 5.32 Å². The monoisotopic (exact) mass is 412 g/mol. The van der Waals surface area contributed by atoms with Gasteiger partial charge in [-0.2, -0.15) is 0 Å². The molecule has 0 heterocycles. The zero-order valence-electron chi connectivity index (χ0n) is 14.0. The standard InChI is InChI=1S/C18H18Cl2N2O3S/c1-11(25-14-7-4-5-12(19)17(14)20)18(24)22-13-6-2-3-8-15(13)26-10-9-16(21)23/h2-8,11H,9-10H2,1H3,(H2,21,23)(H,22,24). The van der Waals surface area contributed by atoms with E-state index in [-0.39, 0.29) is 23.3 Å². The maximum Gasteiger partial charge on any atom is 0.265 e. The molecule has 138 valence electrons. The van der Waals surface area contributed by atoms with Crippen molar-refractivity contribution in [1.82, 2.24) is 0 Å². The topological polar surface area (TPSA) is 81.4 Å². The predicted molar refractivity (Wildman–Crippen MR) is 106 cm³/mol. The Morgan fingerprint density at radius 1 is 1.19 bits per heavy atom. The van der Waals surface area contributed by atoms with Crippen LogP contribution < -0.4 is 15.8 Å². The smallest absolute Gasteiger partial charge is 0.265 e. The van der Waals surface area contributed by atoms with Gasteiger partial charge in [-0.25, -0.2) is 0 Å². The molecule has 0 aliphatic carbocycles. The van der Waals surface area contributed by atoms with Crippen molar-refractivity contribution < 1.29 is 14.3 Å². The summed E-state index contributed by atoms with van der Waals surface area (Å²) in [5, 5.41) is 3.44. The number of hydrogen-bond acceptors (Lipinski definition) is 4. The van der Waals surface area contributed by atoms with E-state index in [1.165, 1.54) is 11.8 Å². The Kier molecular flexibility index (Phi) is 7.63. The van der Waals surface area contributed by atoms with Crippen molar-refractivity contribution in [1.29, 1.82) is 0 Å². The van der Waals surface area contributed by atoms with Gasteiger partial charge in [0.1, 0.15) is 10.8 Å². The van der Waals surface area contributed by atoms with Crippen LogP contribution in [-0.4, -0.2) is 23.7 Å². The van der Waals surface area contributed by atoms with Crippen molar-refractivity contribution in [3.05, 3.63) is 52.5 Å². The number of hydrogen-bond donors (Lipinski definition) is 2. The lowest BCUT2D eigenvalue weighted by Gasteiger charge is -2.17. The second-order valence-corrected chi connectivity index (χ2v) is 7.28. The van der Waals surface area contributed by atoms with E-state index in [0.29, 0.717) is 22.2 Å². The van der Waals surface area contributed by atoms with Gasteiger partial charge < -0.3 is 15.8 Å². The Labute approximate surface area is 166 Å². The fraction of sp³-hybridized carbons (Fsp3) is 0.222. The number of para-hydroxylation sites is 1. The largest absolute Gasteiger partial charge is 0.479 e. The summed E-state index contributed by atoms with van der Waals surface area (Å²) < 4.78 is 5.62. The van der Waals surface area contributed by atoms with Gasteiger partial charge in [0.2, 0.25) is 5.91 Å². The van der Waals surface area contributed by atoms with Gasteiger partial charge in [0.25, 0.3) is 5.91 Å². The molecule has 0 aromatic heterocycles. The van der Waals surface area contributed by atoms with Crippen molar-refractivity contribution in [3.63, 3.8) is 0 Å². The third-order valence-electron chi connectivity index (χ3n) is 3.34. The number of ether oxygens (including phenoxy) is 1. The Morgan fingerprint density at radius 3 is 2.65 bits per heavy atom. The molecule has 1 atom stereocenters. The Hall–Kier alpha value is -1.89. The van der Waals surface area contributed by atoms with Crippen molar-refractivity contribution in [2.24, 2.45) is 5.73 Å². The molecular weight excluding hydrogens is 395 g/mol. The lowest BCUT2D eigenvalue weighted by molar-refractivity contribution is -0.122. The van der Waals surface area contributed by atoms with Gasteiger partial charge in [-0.3, -0.25) is 9.59 Å². The van der Waals surface area contributed by atoms with Gasteiger partial charge in [-0.15, -0.1) is 11.8 Å². The summed E-state index contributed by atoms with van der Waals surface area (Å²) in [5.41, 5.74) is 5.79. The molecule has 2 amide bonds. The Morgan fingerprint density at radius 2 is 1.92 bits per heavy atom. The number of rotatable bonds is 8. The number of amides is 2. The summed E-state index contributed by atoms with van der Waals surface area (Å²) in [4.78, 5) is 24.2. The first-order chi connectivity index (χ1) is 12.4. The molecular formula is C18H18Cl2N2O3S. The van der Waals surface area contributed by atoms with Crippen LogP contribution in [0, 0.1) is 0 Å². The van der Waals surface area contributed by atoms with Gasteiger partial charge in [0, 0.05) is 17.1 Å². The number of nitrogens with one attached hydrogen (secondary N) is 1. The number of nitrogens with two attached hydrogens (primary N) is 1. The van der Waals surface area contributed by atoms with Crippen LogP contribution in [0.15, 0.2) is 47.4 Å². The van der Waals surface area contributed by atoms with Crippen LogP contribution in [0.2, 0.25) is 10.0 Å². The minimum atomic E-state index is -0.783. The first kappa shape index (κ1) is 20.4. The predicted octanol–water partition coefficient (Wildman–Crippen LogP) is 4.37. The fourth-order valence-corrected chi connectivity index (χ4v) is 3.32. The van der Waals surface area contributed by atoms with E-state index in [4.69, 9.17) is 33.7 Å². The zero-order valence-corrected chi connectivity index (χ0v) is 16.3. The van der Waals surface area contributed by atoms with Crippen molar-refractivity contribution in [2.45, 2.75) is 24.3 Å². The highest BCUT2D eigenvalue weighted by molar-refractivity contribution is 7.99. The molecule has 0 spiro atoms. The SMILES string of the molecule is CC(Oc1cccc(Cl)c1Cl)C(=O)Nc1ccccc1SCCC(N)=O. The molecule has 0 aliphatic heterocycles. The first-order valence-electron chi connectivity index (χ1n) is 7.80. The van der Waals surface area contributed by atoms with Crippen LogP contribution in [0.4, 0.5) is 5.69 Å². The van der Waals surface area contributed by atoms with Crippen LogP contribution in [0.25, 0.3) is 0 Å². The third-order valence-corrected chi connectivity index (χ3v) is 5.22. The molecule has 0 saturated heterocycles. The molecule has 26 heavy (non-hydrogen) atoms. The summed E-state index contributed by atoms with van der Waals surface area (Å²) in [6.07, 6.45) is -0.519. The quantitative estimate of drug-likeness (QED) is 0.630. The molecule has 2 rings (SSSR count). The number of benzene rings is 2. The normalized spacial score (nSPS) is 11.7. The van der Waals surface area contributed by atoms with Crippen molar-refractivity contribution in [3.8, 4) is 5.75 Å². The minimum absolute atomic E-state index is 0.260. The molecule has 5 nitrogen and oxygen atoms in total. The zero-order chi connectivity index (χ0) is 19.1.